The molecule has 0 saturated carbocycles. The molecule has 4 aromatic rings. The Bertz CT molecular complexity index is 1230. The number of carbonyl (C=O) groups excluding carboxylic acids is 1. The molecule has 7 heteroatoms. The van der Waals surface area contributed by atoms with Crippen molar-refractivity contribution in [3.63, 3.8) is 0 Å². The van der Waals surface area contributed by atoms with Crippen LogP contribution in [0.4, 0.5) is 23.2 Å². The van der Waals surface area contributed by atoms with E-state index >= 15 is 0 Å². The number of anilines is 1. The number of alkyl halides is 3. The average Bonchev–Trinajstić information content (AvgIpc) is 2.74. The van der Waals surface area contributed by atoms with Gasteiger partial charge in [0.25, 0.3) is 0 Å². The number of nitrogens with zero attached hydrogens (tertiary/aromatic N) is 1. The number of hydrogen-bond acceptors (Lipinski definition) is 2. The van der Waals surface area contributed by atoms with E-state index in [1.807, 2.05) is 0 Å². The number of rotatable bonds is 4. The Morgan fingerprint density at radius 1 is 0.903 bits per heavy atom. The molecule has 156 valence electrons. The number of halogens is 4. The minimum atomic E-state index is -4.49. The fourth-order valence-electron chi connectivity index (χ4n) is 3.38. The lowest BCUT2D eigenvalue weighted by atomic mass is 9.98. The minimum absolute atomic E-state index is 0.102. The van der Waals surface area contributed by atoms with Crippen molar-refractivity contribution in [1.82, 2.24) is 4.98 Å². The summed E-state index contributed by atoms with van der Waals surface area (Å²) in [6.45, 7) is 0. The molecule has 1 amide bonds. The first-order chi connectivity index (χ1) is 14.8. The highest BCUT2D eigenvalue weighted by Gasteiger charge is 2.33. The summed E-state index contributed by atoms with van der Waals surface area (Å²) < 4.78 is 52.9. The molecule has 1 heterocycles. The van der Waals surface area contributed by atoms with Crippen LogP contribution < -0.4 is 5.32 Å². The number of amides is 1. The standard InChI is InChI=1S/C24H16F4N2O/c25-17-8-10-18(11-9-17)30-22(31)14-15-4-6-16(7-5-15)19-12-13-29-23-20(19)2-1-3-21(23)24(26,27)28/h1-13H,14H2,(H,30,31). The lowest BCUT2D eigenvalue weighted by Crippen LogP contribution is -2.14. The summed E-state index contributed by atoms with van der Waals surface area (Å²) in [5.74, 6) is -0.650. The van der Waals surface area contributed by atoms with Crippen molar-refractivity contribution in [2.75, 3.05) is 5.32 Å². The van der Waals surface area contributed by atoms with Crippen molar-refractivity contribution < 1.29 is 22.4 Å². The molecule has 0 fully saturated rings. The number of aromatic nitrogens is 1. The van der Waals surface area contributed by atoms with Gasteiger partial charge in [-0.3, -0.25) is 9.78 Å². The summed E-state index contributed by atoms with van der Waals surface area (Å²) in [4.78, 5) is 16.1. The Kier molecular flexibility index (Phi) is 5.42. The van der Waals surface area contributed by atoms with Crippen molar-refractivity contribution >= 4 is 22.5 Å². The van der Waals surface area contributed by atoms with Gasteiger partial charge in [-0.15, -0.1) is 0 Å². The van der Waals surface area contributed by atoms with Crippen LogP contribution in [0.15, 0.2) is 79.0 Å². The van der Waals surface area contributed by atoms with Gasteiger partial charge in [0, 0.05) is 17.3 Å². The highest BCUT2D eigenvalue weighted by atomic mass is 19.4. The molecular weight excluding hydrogens is 408 g/mol. The Morgan fingerprint density at radius 3 is 2.29 bits per heavy atom. The van der Waals surface area contributed by atoms with Gasteiger partial charge >= 0.3 is 6.18 Å². The quantitative estimate of drug-likeness (QED) is 0.394. The molecule has 3 aromatic carbocycles. The zero-order chi connectivity index (χ0) is 22.0. The first-order valence-electron chi connectivity index (χ1n) is 9.41. The van der Waals surface area contributed by atoms with Gasteiger partial charge in [-0.1, -0.05) is 36.4 Å². The molecule has 0 atom stereocenters. The van der Waals surface area contributed by atoms with Crippen LogP contribution in [-0.2, 0) is 17.4 Å². The zero-order valence-corrected chi connectivity index (χ0v) is 16.1. The molecule has 1 N–H and O–H groups in total. The van der Waals surface area contributed by atoms with E-state index in [4.69, 9.17) is 0 Å². The lowest BCUT2D eigenvalue weighted by Gasteiger charge is -2.12. The molecule has 0 saturated heterocycles. The van der Waals surface area contributed by atoms with Crippen LogP contribution in [0.1, 0.15) is 11.1 Å². The molecule has 0 aliphatic heterocycles. The highest BCUT2D eigenvalue weighted by molar-refractivity contribution is 5.96. The third kappa shape index (κ3) is 4.55. The van der Waals surface area contributed by atoms with E-state index in [2.05, 4.69) is 10.3 Å². The summed E-state index contributed by atoms with van der Waals surface area (Å²) in [7, 11) is 0. The van der Waals surface area contributed by atoms with Crippen LogP contribution in [0, 0.1) is 5.82 Å². The molecule has 0 aliphatic rings. The fourth-order valence-corrected chi connectivity index (χ4v) is 3.38. The summed E-state index contributed by atoms with van der Waals surface area (Å²) >= 11 is 0. The maximum Gasteiger partial charge on any atom is 0.418 e. The van der Waals surface area contributed by atoms with E-state index in [9.17, 15) is 22.4 Å². The smallest absolute Gasteiger partial charge is 0.326 e. The van der Waals surface area contributed by atoms with Crippen LogP contribution in [-0.4, -0.2) is 10.9 Å². The first-order valence-corrected chi connectivity index (χ1v) is 9.41. The molecule has 0 spiro atoms. The van der Waals surface area contributed by atoms with Gasteiger partial charge in [-0.2, -0.15) is 13.2 Å². The number of para-hydroxylation sites is 1. The van der Waals surface area contributed by atoms with Crippen LogP contribution >= 0.6 is 0 Å². The zero-order valence-electron chi connectivity index (χ0n) is 16.1. The highest BCUT2D eigenvalue weighted by Crippen LogP contribution is 2.36. The van der Waals surface area contributed by atoms with E-state index in [0.29, 0.717) is 16.6 Å². The van der Waals surface area contributed by atoms with Crippen molar-refractivity contribution in [2.45, 2.75) is 12.6 Å². The summed E-state index contributed by atoms with van der Waals surface area (Å²) in [6, 6.07) is 18.1. The SMILES string of the molecule is O=C(Cc1ccc(-c2ccnc3c(C(F)(F)F)cccc23)cc1)Nc1ccc(F)cc1. The normalized spacial score (nSPS) is 11.5. The second-order valence-corrected chi connectivity index (χ2v) is 6.99. The second kappa shape index (κ2) is 8.18. The Balaban J connectivity index is 1.56. The average molecular weight is 424 g/mol. The molecular formula is C24H16F4N2O. The Morgan fingerprint density at radius 2 is 1.61 bits per heavy atom. The van der Waals surface area contributed by atoms with Gasteiger partial charge in [0.05, 0.1) is 17.5 Å². The molecule has 0 unspecified atom stereocenters. The monoisotopic (exact) mass is 424 g/mol. The lowest BCUT2D eigenvalue weighted by molar-refractivity contribution is -0.136. The first kappa shape index (κ1) is 20.5. The third-order valence-electron chi connectivity index (χ3n) is 4.83. The third-order valence-corrected chi connectivity index (χ3v) is 4.83. The van der Waals surface area contributed by atoms with Crippen molar-refractivity contribution in [2.24, 2.45) is 0 Å². The summed E-state index contributed by atoms with van der Waals surface area (Å²) in [5, 5.41) is 3.09. The molecule has 4 rings (SSSR count). The van der Waals surface area contributed by atoms with Gasteiger partial charge in [0.1, 0.15) is 5.82 Å². The second-order valence-electron chi connectivity index (χ2n) is 6.99. The minimum Gasteiger partial charge on any atom is -0.326 e. The van der Waals surface area contributed by atoms with E-state index < -0.39 is 11.7 Å². The van der Waals surface area contributed by atoms with E-state index in [0.717, 1.165) is 17.2 Å². The molecule has 0 aliphatic carbocycles. The van der Waals surface area contributed by atoms with E-state index in [1.54, 1.807) is 36.4 Å². The number of nitrogens with one attached hydrogen (secondary N) is 1. The van der Waals surface area contributed by atoms with Gasteiger partial charge in [-0.25, -0.2) is 4.39 Å². The number of benzene rings is 3. The van der Waals surface area contributed by atoms with Crippen LogP contribution in [0.2, 0.25) is 0 Å². The van der Waals surface area contributed by atoms with Crippen molar-refractivity contribution in [3.05, 3.63) is 95.9 Å². The predicted molar refractivity (Wildman–Crippen MR) is 111 cm³/mol. The van der Waals surface area contributed by atoms with Crippen LogP contribution in [0.25, 0.3) is 22.0 Å². The Labute approximate surface area is 175 Å². The fraction of sp³-hybridized carbons (Fsp3) is 0.0833. The van der Waals surface area contributed by atoms with Gasteiger partial charge < -0.3 is 5.32 Å². The van der Waals surface area contributed by atoms with E-state index in [1.165, 1.54) is 36.5 Å². The molecule has 0 bridgehead atoms. The predicted octanol–water partition coefficient (Wildman–Crippen LogP) is 6.24. The number of pyridine rings is 1. The number of fused-ring (bicyclic) bond motifs is 1. The molecule has 3 nitrogen and oxygen atoms in total. The maximum atomic E-state index is 13.3. The summed E-state index contributed by atoms with van der Waals surface area (Å²) in [6.07, 6.45) is -3.03. The topological polar surface area (TPSA) is 42.0 Å². The van der Waals surface area contributed by atoms with Crippen molar-refractivity contribution in [1.29, 1.82) is 0 Å². The van der Waals surface area contributed by atoms with Crippen molar-refractivity contribution in [3.8, 4) is 11.1 Å². The number of carbonyl (C=O) groups is 1. The Hall–Kier alpha value is -3.74. The van der Waals surface area contributed by atoms with Gasteiger partial charge in [0.15, 0.2) is 0 Å². The largest absolute Gasteiger partial charge is 0.418 e. The van der Waals surface area contributed by atoms with Crippen LogP contribution in [0.5, 0.6) is 0 Å². The molecule has 31 heavy (non-hydrogen) atoms. The molecule has 0 radical (unpaired) electrons. The van der Waals surface area contributed by atoms with E-state index in [-0.39, 0.29) is 23.7 Å². The summed E-state index contributed by atoms with van der Waals surface area (Å²) in [5.41, 5.74) is 1.69. The van der Waals surface area contributed by atoms with Gasteiger partial charge in [0.2, 0.25) is 5.91 Å². The molecule has 1 aromatic heterocycles. The maximum absolute atomic E-state index is 13.3. The van der Waals surface area contributed by atoms with Crippen LogP contribution in [0.3, 0.4) is 0 Å². The van der Waals surface area contributed by atoms with Gasteiger partial charge in [-0.05, 0) is 53.1 Å². The number of hydrogen-bond donors (Lipinski definition) is 1.